The van der Waals surface area contributed by atoms with Crippen molar-refractivity contribution in [3.8, 4) is 0 Å². The van der Waals surface area contributed by atoms with Crippen LogP contribution < -0.4 is 10.6 Å². The molecule has 0 saturated heterocycles. The summed E-state index contributed by atoms with van der Waals surface area (Å²) in [7, 11) is 2.00. The lowest BCUT2D eigenvalue weighted by molar-refractivity contribution is 0.937. The van der Waals surface area contributed by atoms with Crippen LogP contribution in [0.15, 0.2) is 12.3 Å². The van der Waals surface area contributed by atoms with Crippen LogP contribution in [0.1, 0.15) is 12.5 Å². The molecule has 3 heteroatoms. The molecule has 0 amide bonds. The molecular weight excluding hydrogens is 150 g/mol. The van der Waals surface area contributed by atoms with Crippen LogP contribution in [0.25, 0.3) is 0 Å². The number of hydrogen-bond donors (Lipinski definition) is 1. The molecule has 0 aliphatic rings. The molecule has 0 bridgehead atoms. The summed E-state index contributed by atoms with van der Waals surface area (Å²) < 4.78 is 0. The molecule has 0 saturated carbocycles. The first-order valence-corrected chi connectivity index (χ1v) is 4.08. The maximum absolute atomic E-state index is 5.75. The van der Waals surface area contributed by atoms with Crippen LogP contribution in [0.4, 0.5) is 11.5 Å². The molecule has 0 aliphatic carbocycles. The highest BCUT2D eigenvalue weighted by Crippen LogP contribution is 2.15. The van der Waals surface area contributed by atoms with Crippen LogP contribution in [0.2, 0.25) is 0 Å². The highest BCUT2D eigenvalue weighted by atomic mass is 15.1. The molecule has 0 spiro atoms. The van der Waals surface area contributed by atoms with E-state index in [1.165, 1.54) is 0 Å². The molecule has 0 atom stereocenters. The number of anilines is 2. The number of nitrogen functional groups attached to an aromatic ring is 1. The number of hydrogen-bond acceptors (Lipinski definition) is 3. The summed E-state index contributed by atoms with van der Waals surface area (Å²) >= 11 is 0. The van der Waals surface area contributed by atoms with Crippen molar-refractivity contribution in [2.75, 3.05) is 24.2 Å². The summed E-state index contributed by atoms with van der Waals surface area (Å²) in [6, 6.07) is 1.90. The molecule has 66 valence electrons. The minimum atomic E-state index is 0.806. The van der Waals surface area contributed by atoms with Gasteiger partial charge in [0.25, 0.3) is 0 Å². The smallest absolute Gasteiger partial charge is 0.130 e. The molecule has 2 N–H and O–H groups in total. The van der Waals surface area contributed by atoms with Crippen molar-refractivity contribution in [3.63, 3.8) is 0 Å². The van der Waals surface area contributed by atoms with Gasteiger partial charge < -0.3 is 10.6 Å². The largest absolute Gasteiger partial charge is 0.398 e. The van der Waals surface area contributed by atoms with Gasteiger partial charge in [-0.15, -0.1) is 0 Å². The predicted molar refractivity (Wildman–Crippen MR) is 52.3 cm³/mol. The van der Waals surface area contributed by atoms with Crippen molar-refractivity contribution in [1.82, 2.24) is 4.98 Å². The normalized spacial score (nSPS) is 9.92. The van der Waals surface area contributed by atoms with E-state index in [1.54, 1.807) is 6.20 Å². The van der Waals surface area contributed by atoms with Crippen molar-refractivity contribution >= 4 is 11.5 Å². The molecule has 0 aliphatic heterocycles. The van der Waals surface area contributed by atoms with E-state index in [0.29, 0.717) is 0 Å². The summed E-state index contributed by atoms with van der Waals surface area (Å²) in [6.07, 6.45) is 1.80. The Kier molecular flexibility index (Phi) is 2.53. The fraction of sp³-hybridized carbons (Fsp3) is 0.444. The first-order valence-electron chi connectivity index (χ1n) is 4.08. The zero-order chi connectivity index (χ0) is 9.14. The standard InChI is InChI=1S/C9H15N3/c1-4-12(3)9-5-8(10)7(2)6-11-9/h5-6H,4H2,1-3H3,(H2,10,11). The third kappa shape index (κ3) is 1.67. The second-order valence-corrected chi connectivity index (χ2v) is 2.91. The predicted octanol–water partition coefficient (Wildman–Crippen LogP) is 1.43. The van der Waals surface area contributed by atoms with Gasteiger partial charge in [-0.05, 0) is 19.4 Å². The number of rotatable bonds is 2. The van der Waals surface area contributed by atoms with Crippen molar-refractivity contribution in [3.05, 3.63) is 17.8 Å². The highest BCUT2D eigenvalue weighted by Gasteiger charge is 2.01. The zero-order valence-corrected chi connectivity index (χ0v) is 7.83. The van der Waals surface area contributed by atoms with E-state index in [1.807, 2.05) is 20.0 Å². The second-order valence-electron chi connectivity index (χ2n) is 2.91. The number of aryl methyl sites for hydroxylation is 1. The van der Waals surface area contributed by atoms with Crippen molar-refractivity contribution in [1.29, 1.82) is 0 Å². The van der Waals surface area contributed by atoms with Crippen LogP contribution in [0, 0.1) is 6.92 Å². The summed E-state index contributed by atoms with van der Waals surface area (Å²) in [5.74, 6) is 0.931. The van der Waals surface area contributed by atoms with Gasteiger partial charge in [0, 0.05) is 31.5 Å². The van der Waals surface area contributed by atoms with Gasteiger partial charge in [0.05, 0.1) is 0 Å². The summed E-state index contributed by atoms with van der Waals surface area (Å²) in [5, 5.41) is 0. The molecule has 12 heavy (non-hydrogen) atoms. The Morgan fingerprint density at radius 3 is 2.75 bits per heavy atom. The molecule has 0 unspecified atom stereocenters. The molecule has 0 radical (unpaired) electrons. The highest BCUT2D eigenvalue weighted by molar-refractivity contribution is 5.54. The molecule has 1 aromatic rings. The van der Waals surface area contributed by atoms with E-state index in [0.717, 1.165) is 23.6 Å². The molecule has 1 rings (SSSR count). The van der Waals surface area contributed by atoms with Crippen LogP contribution in [-0.2, 0) is 0 Å². The van der Waals surface area contributed by atoms with Gasteiger partial charge in [0.15, 0.2) is 0 Å². The van der Waals surface area contributed by atoms with Crippen molar-refractivity contribution in [2.45, 2.75) is 13.8 Å². The topological polar surface area (TPSA) is 42.1 Å². The molecule has 0 fully saturated rings. The SMILES string of the molecule is CCN(C)c1cc(N)c(C)cn1. The molecule has 1 aromatic heterocycles. The Balaban J connectivity index is 2.96. The summed E-state index contributed by atoms with van der Waals surface area (Å²) in [4.78, 5) is 6.31. The molecular formula is C9H15N3. The minimum absolute atomic E-state index is 0.806. The number of aromatic nitrogens is 1. The molecule has 3 nitrogen and oxygen atoms in total. The fourth-order valence-electron chi connectivity index (χ4n) is 0.898. The Bertz CT molecular complexity index is 270. The van der Waals surface area contributed by atoms with Gasteiger partial charge in [-0.1, -0.05) is 0 Å². The number of pyridine rings is 1. The van der Waals surface area contributed by atoms with Crippen LogP contribution in [-0.4, -0.2) is 18.6 Å². The average Bonchev–Trinajstić information content (AvgIpc) is 2.08. The van der Waals surface area contributed by atoms with Crippen LogP contribution in [0.5, 0.6) is 0 Å². The quantitative estimate of drug-likeness (QED) is 0.720. The van der Waals surface area contributed by atoms with Gasteiger partial charge in [-0.3, -0.25) is 0 Å². The Morgan fingerprint density at radius 1 is 1.58 bits per heavy atom. The maximum atomic E-state index is 5.75. The zero-order valence-electron chi connectivity index (χ0n) is 7.83. The van der Waals surface area contributed by atoms with E-state index in [-0.39, 0.29) is 0 Å². The van der Waals surface area contributed by atoms with Gasteiger partial charge >= 0.3 is 0 Å². The summed E-state index contributed by atoms with van der Waals surface area (Å²) in [6.45, 7) is 4.98. The third-order valence-electron chi connectivity index (χ3n) is 2.00. The molecule has 1 heterocycles. The summed E-state index contributed by atoms with van der Waals surface area (Å²) in [5.41, 5.74) is 7.58. The monoisotopic (exact) mass is 165 g/mol. The van der Waals surface area contributed by atoms with Crippen molar-refractivity contribution in [2.24, 2.45) is 0 Å². The lowest BCUT2D eigenvalue weighted by Crippen LogP contribution is -2.17. The van der Waals surface area contributed by atoms with Gasteiger partial charge in [0.2, 0.25) is 0 Å². The fourth-order valence-corrected chi connectivity index (χ4v) is 0.898. The first kappa shape index (κ1) is 8.84. The molecule has 0 aromatic carbocycles. The van der Waals surface area contributed by atoms with Crippen molar-refractivity contribution < 1.29 is 0 Å². The van der Waals surface area contributed by atoms with Crippen LogP contribution in [0.3, 0.4) is 0 Å². The Labute approximate surface area is 73.2 Å². The first-order chi connectivity index (χ1) is 5.65. The Morgan fingerprint density at radius 2 is 2.25 bits per heavy atom. The second kappa shape index (κ2) is 3.43. The minimum Gasteiger partial charge on any atom is -0.398 e. The lowest BCUT2D eigenvalue weighted by atomic mass is 10.2. The van der Waals surface area contributed by atoms with Gasteiger partial charge in [0.1, 0.15) is 5.82 Å². The van der Waals surface area contributed by atoms with Gasteiger partial charge in [-0.25, -0.2) is 4.98 Å². The van der Waals surface area contributed by atoms with E-state index < -0.39 is 0 Å². The number of nitrogens with zero attached hydrogens (tertiary/aromatic N) is 2. The third-order valence-corrected chi connectivity index (χ3v) is 2.00. The van der Waals surface area contributed by atoms with E-state index in [9.17, 15) is 0 Å². The Hall–Kier alpha value is -1.25. The average molecular weight is 165 g/mol. The van der Waals surface area contributed by atoms with E-state index in [2.05, 4.69) is 16.8 Å². The van der Waals surface area contributed by atoms with Gasteiger partial charge in [-0.2, -0.15) is 0 Å². The maximum Gasteiger partial charge on any atom is 0.130 e. The van der Waals surface area contributed by atoms with E-state index in [4.69, 9.17) is 5.73 Å². The van der Waals surface area contributed by atoms with E-state index >= 15 is 0 Å². The van der Waals surface area contributed by atoms with Crippen LogP contribution >= 0.6 is 0 Å². The lowest BCUT2D eigenvalue weighted by Gasteiger charge is -2.15. The number of nitrogens with two attached hydrogens (primary N) is 1.